The Morgan fingerprint density at radius 2 is 0.771 bits per heavy atom. The first-order chi connectivity index (χ1) is 23.8. The molecule has 8 aromatic carbocycles. The van der Waals surface area contributed by atoms with Gasteiger partial charge in [0.25, 0.3) is 0 Å². The second-order valence-corrected chi connectivity index (χ2v) is 14.5. The lowest BCUT2D eigenvalue weighted by atomic mass is 9.85. The van der Waals surface area contributed by atoms with Crippen LogP contribution in [0, 0.1) is 0 Å². The Hall–Kier alpha value is -5.54. The molecule has 224 valence electrons. The van der Waals surface area contributed by atoms with Crippen molar-refractivity contribution in [1.29, 1.82) is 0 Å². The van der Waals surface area contributed by atoms with Crippen molar-refractivity contribution in [2.45, 2.75) is 0 Å². The lowest BCUT2D eigenvalue weighted by molar-refractivity contribution is 1.66. The van der Waals surface area contributed by atoms with Crippen LogP contribution in [-0.4, -0.2) is 0 Å². The van der Waals surface area contributed by atoms with Crippen LogP contribution < -0.4 is 0 Å². The highest BCUT2D eigenvalue weighted by Gasteiger charge is 2.22. The van der Waals surface area contributed by atoms with Crippen LogP contribution >= 0.6 is 22.7 Å². The molecule has 2 aromatic heterocycles. The molecular formula is C46H28S2. The Labute approximate surface area is 286 Å². The van der Waals surface area contributed by atoms with Crippen LogP contribution in [0.4, 0.5) is 0 Å². The molecule has 0 atom stereocenters. The van der Waals surface area contributed by atoms with Crippen LogP contribution in [0.1, 0.15) is 0 Å². The molecule has 0 spiro atoms. The van der Waals surface area contributed by atoms with E-state index in [-0.39, 0.29) is 0 Å². The molecule has 0 unspecified atom stereocenters. The summed E-state index contributed by atoms with van der Waals surface area (Å²) in [6.07, 6.45) is 0. The van der Waals surface area contributed by atoms with E-state index in [0.717, 1.165) is 0 Å². The zero-order chi connectivity index (χ0) is 31.6. The van der Waals surface area contributed by atoms with E-state index in [4.69, 9.17) is 0 Å². The third-order valence-corrected chi connectivity index (χ3v) is 12.0. The van der Waals surface area contributed by atoms with Crippen LogP contribution in [0.3, 0.4) is 0 Å². The molecule has 0 amide bonds. The highest BCUT2D eigenvalue weighted by molar-refractivity contribution is 7.26. The fraction of sp³-hybridized carbons (Fsp3) is 0. The van der Waals surface area contributed by atoms with Crippen LogP contribution in [0.15, 0.2) is 170 Å². The Bertz CT molecular complexity index is 2750. The molecule has 10 rings (SSSR count). The lowest BCUT2D eigenvalue weighted by Crippen LogP contribution is -1.91. The number of hydrogen-bond donors (Lipinski definition) is 0. The van der Waals surface area contributed by atoms with Gasteiger partial charge in [0.1, 0.15) is 0 Å². The van der Waals surface area contributed by atoms with Crippen LogP contribution in [0.5, 0.6) is 0 Å². The van der Waals surface area contributed by atoms with E-state index in [1.807, 2.05) is 22.7 Å². The molecular weight excluding hydrogens is 617 g/mol. The van der Waals surface area contributed by atoms with E-state index in [0.29, 0.717) is 0 Å². The average Bonchev–Trinajstić information content (AvgIpc) is 3.71. The van der Waals surface area contributed by atoms with Crippen molar-refractivity contribution >= 4 is 74.5 Å². The monoisotopic (exact) mass is 644 g/mol. The molecule has 0 saturated heterocycles. The first-order valence-corrected chi connectivity index (χ1v) is 18.0. The predicted octanol–water partition coefficient (Wildman–Crippen LogP) is 14.2. The minimum atomic E-state index is 1.25. The van der Waals surface area contributed by atoms with Crippen molar-refractivity contribution in [2.24, 2.45) is 0 Å². The molecule has 0 fully saturated rings. The van der Waals surface area contributed by atoms with Gasteiger partial charge in [-0.2, -0.15) is 0 Å². The third kappa shape index (κ3) is 4.20. The van der Waals surface area contributed by atoms with E-state index in [2.05, 4.69) is 170 Å². The number of hydrogen-bond acceptors (Lipinski definition) is 2. The van der Waals surface area contributed by atoms with Gasteiger partial charge < -0.3 is 0 Å². The molecule has 0 aliphatic carbocycles. The van der Waals surface area contributed by atoms with Crippen molar-refractivity contribution in [3.63, 3.8) is 0 Å². The summed E-state index contributed by atoms with van der Waals surface area (Å²) in [7, 11) is 0. The Kier molecular flexibility index (Phi) is 6.33. The summed E-state index contributed by atoms with van der Waals surface area (Å²) in [4.78, 5) is 1.33. The van der Waals surface area contributed by atoms with Crippen molar-refractivity contribution in [1.82, 2.24) is 0 Å². The van der Waals surface area contributed by atoms with Crippen molar-refractivity contribution in [3.8, 4) is 43.8 Å². The lowest BCUT2D eigenvalue weighted by Gasteiger charge is -2.18. The molecule has 10 aromatic rings. The zero-order valence-corrected chi connectivity index (χ0v) is 27.6. The fourth-order valence-electron chi connectivity index (χ4n) is 7.64. The minimum absolute atomic E-state index is 1.25. The van der Waals surface area contributed by atoms with Gasteiger partial charge in [-0.1, -0.05) is 152 Å². The van der Waals surface area contributed by atoms with Gasteiger partial charge in [0.15, 0.2) is 0 Å². The minimum Gasteiger partial charge on any atom is -0.135 e. The van der Waals surface area contributed by atoms with Gasteiger partial charge in [0.2, 0.25) is 0 Å². The van der Waals surface area contributed by atoms with Crippen LogP contribution in [-0.2, 0) is 0 Å². The summed E-state index contributed by atoms with van der Waals surface area (Å²) in [5, 5.41) is 9.16. The first-order valence-electron chi connectivity index (χ1n) is 16.4. The maximum Gasteiger partial charge on any atom is 0.0433 e. The van der Waals surface area contributed by atoms with Gasteiger partial charge in [-0.3, -0.25) is 0 Å². The second kappa shape index (κ2) is 11.0. The average molecular weight is 645 g/mol. The topological polar surface area (TPSA) is 0 Å². The zero-order valence-electron chi connectivity index (χ0n) is 26.0. The SMILES string of the molecule is c1ccc(-c2sc3cc4c(cc3c2-c2ccccc2)sc2cccc(-c3c5ccccc5c(-c5ccccc5)c5ccccc35)c24)cc1. The quantitative estimate of drug-likeness (QED) is 0.167. The van der Waals surface area contributed by atoms with Gasteiger partial charge >= 0.3 is 0 Å². The van der Waals surface area contributed by atoms with Crippen molar-refractivity contribution < 1.29 is 0 Å². The normalized spacial score (nSPS) is 11.8. The first kappa shape index (κ1) is 27.6. The molecule has 0 radical (unpaired) electrons. The smallest absolute Gasteiger partial charge is 0.0433 e. The summed E-state index contributed by atoms with van der Waals surface area (Å²) >= 11 is 3.82. The predicted molar refractivity (Wildman–Crippen MR) is 211 cm³/mol. The summed E-state index contributed by atoms with van der Waals surface area (Å²) < 4.78 is 3.97. The van der Waals surface area contributed by atoms with Gasteiger partial charge in [0.05, 0.1) is 0 Å². The molecule has 0 bridgehead atoms. The fourth-order valence-corrected chi connectivity index (χ4v) is 10.0. The van der Waals surface area contributed by atoms with E-state index in [1.54, 1.807) is 0 Å². The summed E-state index contributed by atoms with van der Waals surface area (Å²) in [5.74, 6) is 0. The van der Waals surface area contributed by atoms with Crippen LogP contribution in [0.25, 0.3) is 95.6 Å². The molecule has 0 nitrogen and oxygen atoms in total. The van der Waals surface area contributed by atoms with E-state index in [9.17, 15) is 0 Å². The maximum atomic E-state index is 2.47. The van der Waals surface area contributed by atoms with Gasteiger partial charge in [-0.25, -0.2) is 0 Å². The summed E-state index contributed by atoms with van der Waals surface area (Å²) in [6.45, 7) is 0. The standard InChI is InChI=1S/C46H28S2/c1-4-15-29(16-5-1)42-32-21-10-12-23-34(32)44(35-24-13-11-22-33(35)42)36-25-14-26-39-45(36)38-28-41-37(27-40(38)47-39)43(30-17-6-2-7-18-30)46(48-41)31-19-8-3-9-20-31/h1-28H. The second-order valence-electron chi connectivity index (χ2n) is 12.4. The number of fused-ring (bicyclic) bond motifs is 6. The number of thiophene rings is 2. The van der Waals surface area contributed by atoms with Gasteiger partial charge in [-0.15, -0.1) is 22.7 Å². The maximum absolute atomic E-state index is 2.47. The highest BCUT2D eigenvalue weighted by Crippen LogP contribution is 2.51. The van der Waals surface area contributed by atoms with Crippen LogP contribution in [0.2, 0.25) is 0 Å². The molecule has 0 N–H and O–H groups in total. The molecule has 0 saturated carbocycles. The molecule has 0 aliphatic heterocycles. The molecule has 2 heterocycles. The molecule has 2 heteroatoms. The number of rotatable bonds is 4. The van der Waals surface area contributed by atoms with Gasteiger partial charge in [0, 0.05) is 40.7 Å². The van der Waals surface area contributed by atoms with E-state index >= 15 is 0 Å². The molecule has 0 aliphatic rings. The largest absolute Gasteiger partial charge is 0.135 e. The number of benzene rings is 8. The third-order valence-electron chi connectivity index (χ3n) is 9.67. The summed E-state index contributed by atoms with van der Waals surface area (Å²) in [6, 6.07) is 62.4. The van der Waals surface area contributed by atoms with E-state index in [1.165, 1.54) is 95.6 Å². The Morgan fingerprint density at radius 3 is 1.38 bits per heavy atom. The van der Waals surface area contributed by atoms with E-state index < -0.39 is 0 Å². The van der Waals surface area contributed by atoms with Crippen molar-refractivity contribution in [2.75, 3.05) is 0 Å². The summed E-state index contributed by atoms with van der Waals surface area (Å²) in [5.41, 5.74) is 9.02. The van der Waals surface area contributed by atoms with Gasteiger partial charge in [-0.05, 0) is 73.1 Å². The highest BCUT2D eigenvalue weighted by atomic mass is 32.1. The Balaban J connectivity index is 1.30. The Morgan fingerprint density at radius 1 is 0.292 bits per heavy atom. The molecule has 48 heavy (non-hydrogen) atoms. The van der Waals surface area contributed by atoms with Crippen molar-refractivity contribution in [3.05, 3.63) is 170 Å².